The van der Waals surface area contributed by atoms with E-state index in [0.717, 1.165) is 12.0 Å². The van der Waals surface area contributed by atoms with Crippen molar-refractivity contribution in [3.8, 4) is 0 Å². The van der Waals surface area contributed by atoms with Crippen molar-refractivity contribution >= 4 is 11.8 Å². The van der Waals surface area contributed by atoms with Gasteiger partial charge < -0.3 is 15.7 Å². The van der Waals surface area contributed by atoms with Crippen LogP contribution in [-0.2, 0) is 10.2 Å². The van der Waals surface area contributed by atoms with Crippen molar-refractivity contribution < 1.29 is 14.7 Å². The van der Waals surface area contributed by atoms with Crippen molar-refractivity contribution in [3.63, 3.8) is 0 Å². The average Bonchev–Trinajstić information content (AvgIpc) is 2.49. The van der Waals surface area contributed by atoms with E-state index in [1.54, 1.807) is 19.1 Å². The minimum atomic E-state index is -0.762. The van der Waals surface area contributed by atoms with Gasteiger partial charge in [-0.1, -0.05) is 32.9 Å². The lowest BCUT2D eigenvalue weighted by Gasteiger charge is -2.36. The summed E-state index contributed by atoms with van der Waals surface area (Å²) in [4.78, 5) is 24.3. The topological polar surface area (TPSA) is 78.4 Å². The first-order chi connectivity index (χ1) is 11.1. The summed E-state index contributed by atoms with van der Waals surface area (Å²) in [6.45, 7) is 8.23. The van der Waals surface area contributed by atoms with E-state index < -0.39 is 11.6 Å². The molecular weight excluding hydrogens is 304 g/mol. The highest BCUT2D eigenvalue weighted by Crippen LogP contribution is 2.30. The molecule has 3 N–H and O–H groups in total. The predicted molar refractivity (Wildman–Crippen MR) is 93.9 cm³/mol. The van der Waals surface area contributed by atoms with E-state index in [1.807, 2.05) is 12.1 Å². The molecule has 1 aliphatic carbocycles. The smallest absolute Gasteiger partial charge is 0.251 e. The lowest BCUT2D eigenvalue weighted by molar-refractivity contribution is -0.125. The Balaban J connectivity index is 1.87. The van der Waals surface area contributed by atoms with Gasteiger partial charge in [-0.15, -0.1) is 0 Å². The lowest BCUT2D eigenvalue weighted by Crippen LogP contribution is -2.52. The maximum atomic E-state index is 12.2. The van der Waals surface area contributed by atoms with Gasteiger partial charge in [0.2, 0.25) is 5.91 Å². The fourth-order valence-corrected chi connectivity index (χ4v) is 2.63. The highest BCUT2D eigenvalue weighted by molar-refractivity contribution is 5.97. The highest BCUT2D eigenvalue weighted by atomic mass is 16.3. The molecule has 1 fully saturated rings. The van der Waals surface area contributed by atoms with Crippen LogP contribution in [0.5, 0.6) is 0 Å². The van der Waals surface area contributed by atoms with Gasteiger partial charge >= 0.3 is 0 Å². The Kier molecular flexibility index (Phi) is 5.33. The van der Waals surface area contributed by atoms with Gasteiger partial charge in [-0.05, 0) is 49.3 Å². The summed E-state index contributed by atoms with van der Waals surface area (Å²) in [5.41, 5.74) is 0.949. The molecule has 1 unspecified atom stereocenters. The number of rotatable bonds is 5. The van der Waals surface area contributed by atoms with Gasteiger partial charge in [0.15, 0.2) is 0 Å². The van der Waals surface area contributed by atoms with E-state index in [2.05, 4.69) is 31.4 Å². The molecular formula is C19H28N2O3. The van der Waals surface area contributed by atoms with Crippen LogP contribution in [0.4, 0.5) is 0 Å². The Bertz CT molecular complexity index is 598. The third kappa shape index (κ3) is 4.57. The maximum absolute atomic E-state index is 12.2. The Morgan fingerprint density at radius 1 is 1.21 bits per heavy atom. The van der Waals surface area contributed by atoms with Crippen LogP contribution in [0.2, 0.25) is 0 Å². The molecule has 2 amide bonds. The van der Waals surface area contributed by atoms with Gasteiger partial charge in [-0.25, -0.2) is 0 Å². The number of hydrogen-bond donors (Lipinski definition) is 3. The zero-order valence-corrected chi connectivity index (χ0v) is 15.0. The Labute approximate surface area is 143 Å². The lowest BCUT2D eigenvalue weighted by atomic mass is 9.80. The number of carbonyl (C=O) groups is 2. The third-order valence-corrected chi connectivity index (χ3v) is 4.63. The summed E-state index contributed by atoms with van der Waals surface area (Å²) in [5, 5.41) is 15.4. The second-order valence-corrected chi connectivity index (χ2v) is 7.82. The van der Waals surface area contributed by atoms with Crippen LogP contribution >= 0.6 is 0 Å². The SMILES string of the molecule is CC(NC(=O)c1ccc(C(C)(C)C)cc1)C(=O)NCC1(O)CCC1. The minimum Gasteiger partial charge on any atom is -0.388 e. The molecule has 0 aromatic heterocycles. The van der Waals surface area contributed by atoms with E-state index in [-0.39, 0.29) is 23.8 Å². The standard InChI is InChI=1S/C19H28N2O3/c1-13(16(22)20-12-19(24)10-5-11-19)21-17(23)14-6-8-15(9-7-14)18(2,3)4/h6-9,13,24H,5,10-12H2,1-4H3,(H,20,22)(H,21,23). The molecule has 0 bridgehead atoms. The van der Waals surface area contributed by atoms with Crippen LogP contribution in [0.25, 0.3) is 0 Å². The monoisotopic (exact) mass is 332 g/mol. The van der Waals surface area contributed by atoms with Crippen molar-refractivity contribution in [2.75, 3.05) is 6.54 Å². The van der Waals surface area contributed by atoms with Crippen molar-refractivity contribution in [1.29, 1.82) is 0 Å². The number of aliphatic hydroxyl groups is 1. The fraction of sp³-hybridized carbons (Fsp3) is 0.579. The van der Waals surface area contributed by atoms with E-state index in [1.165, 1.54) is 0 Å². The average molecular weight is 332 g/mol. The van der Waals surface area contributed by atoms with Crippen LogP contribution in [0.1, 0.15) is 62.9 Å². The highest BCUT2D eigenvalue weighted by Gasteiger charge is 2.34. The first kappa shape index (κ1) is 18.5. The first-order valence-electron chi connectivity index (χ1n) is 8.52. The van der Waals surface area contributed by atoms with E-state index in [0.29, 0.717) is 18.4 Å². The third-order valence-electron chi connectivity index (χ3n) is 4.63. The van der Waals surface area contributed by atoms with Gasteiger partial charge in [-0.2, -0.15) is 0 Å². The number of amides is 2. The zero-order chi connectivity index (χ0) is 18.0. The quantitative estimate of drug-likeness (QED) is 0.773. The number of carbonyl (C=O) groups excluding carboxylic acids is 2. The molecule has 5 heteroatoms. The molecule has 2 rings (SSSR count). The van der Waals surface area contributed by atoms with Gasteiger partial charge in [0, 0.05) is 12.1 Å². The molecule has 0 spiro atoms. The summed E-state index contributed by atoms with van der Waals surface area (Å²) in [7, 11) is 0. The molecule has 5 nitrogen and oxygen atoms in total. The Hall–Kier alpha value is -1.88. The molecule has 0 aliphatic heterocycles. The fourth-order valence-electron chi connectivity index (χ4n) is 2.63. The minimum absolute atomic E-state index is 0.0317. The Morgan fingerprint density at radius 2 is 1.79 bits per heavy atom. The molecule has 1 saturated carbocycles. The first-order valence-corrected chi connectivity index (χ1v) is 8.52. The molecule has 0 saturated heterocycles. The molecule has 1 aliphatic rings. The number of nitrogens with one attached hydrogen (secondary N) is 2. The van der Waals surface area contributed by atoms with Crippen LogP contribution in [0.15, 0.2) is 24.3 Å². The zero-order valence-electron chi connectivity index (χ0n) is 15.0. The van der Waals surface area contributed by atoms with E-state index in [4.69, 9.17) is 0 Å². The number of hydrogen-bond acceptors (Lipinski definition) is 3. The largest absolute Gasteiger partial charge is 0.388 e. The van der Waals surface area contributed by atoms with Crippen molar-refractivity contribution in [2.45, 2.75) is 64.0 Å². The van der Waals surface area contributed by atoms with E-state index in [9.17, 15) is 14.7 Å². The molecule has 132 valence electrons. The van der Waals surface area contributed by atoms with Gasteiger partial charge in [0.1, 0.15) is 6.04 Å². The molecule has 24 heavy (non-hydrogen) atoms. The summed E-state index contributed by atoms with van der Waals surface area (Å²) in [5.74, 6) is -0.560. The van der Waals surface area contributed by atoms with Crippen molar-refractivity contribution in [1.82, 2.24) is 10.6 Å². The molecule has 1 aromatic carbocycles. The molecule has 0 heterocycles. The maximum Gasteiger partial charge on any atom is 0.251 e. The van der Waals surface area contributed by atoms with Gasteiger partial charge in [-0.3, -0.25) is 9.59 Å². The van der Waals surface area contributed by atoms with Crippen LogP contribution in [0.3, 0.4) is 0 Å². The molecule has 0 radical (unpaired) electrons. The van der Waals surface area contributed by atoms with Crippen LogP contribution in [0, 0.1) is 0 Å². The van der Waals surface area contributed by atoms with Crippen LogP contribution in [-0.4, -0.2) is 35.1 Å². The van der Waals surface area contributed by atoms with Crippen LogP contribution < -0.4 is 10.6 Å². The second-order valence-electron chi connectivity index (χ2n) is 7.82. The molecule has 1 atom stereocenters. The van der Waals surface area contributed by atoms with Gasteiger partial charge in [0.25, 0.3) is 5.91 Å². The summed E-state index contributed by atoms with van der Waals surface area (Å²) in [6.07, 6.45) is 2.42. The number of benzene rings is 1. The van der Waals surface area contributed by atoms with Crippen molar-refractivity contribution in [3.05, 3.63) is 35.4 Å². The predicted octanol–water partition coefficient (Wildman–Crippen LogP) is 2.13. The van der Waals surface area contributed by atoms with Gasteiger partial charge in [0.05, 0.1) is 5.60 Å². The summed E-state index contributed by atoms with van der Waals surface area (Å²) < 4.78 is 0. The summed E-state index contributed by atoms with van der Waals surface area (Å²) >= 11 is 0. The van der Waals surface area contributed by atoms with Crippen molar-refractivity contribution in [2.24, 2.45) is 0 Å². The van der Waals surface area contributed by atoms with E-state index >= 15 is 0 Å². The second kappa shape index (κ2) is 6.93. The Morgan fingerprint density at radius 3 is 2.25 bits per heavy atom. The normalized spacial score (nSPS) is 17.5. The summed E-state index contributed by atoms with van der Waals surface area (Å²) in [6, 6.07) is 6.77. The molecule has 1 aromatic rings.